The van der Waals surface area contributed by atoms with Gasteiger partial charge in [0, 0.05) is 6.61 Å². The fourth-order valence-corrected chi connectivity index (χ4v) is 11.0. The number of esters is 1. The molecule has 0 spiro atoms. The van der Waals surface area contributed by atoms with Crippen LogP contribution in [0.15, 0.2) is 60.7 Å². The molecule has 5 nitrogen and oxygen atoms in total. The van der Waals surface area contributed by atoms with Crippen LogP contribution in [-0.4, -0.2) is 53.1 Å². The van der Waals surface area contributed by atoms with Gasteiger partial charge in [0.2, 0.25) is 0 Å². The Bertz CT molecular complexity index is 1060. The van der Waals surface area contributed by atoms with E-state index in [4.69, 9.17) is 18.3 Å². The maximum atomic E-state index is 12.9. The van der Waals surface area contributed by atoms with Crippen LogP contribution in [0.3, 0.4) is 0 Å². The zero-order valence-corrected chi connectivity index (χ0v) is 28.7. The molecule has 2 aromatic rings. The van der Waals surface area contributed by atoms with Gasteiger partial charge in [-0.1, -0.05) is 102 Å². The van der Waals surface area contributed by atoms with Crippen LogP contribution in [0.4, 0.5) is 0 Å². The lowest BCUT2D eigenvalue weighted by atomic mass is 10.1. The molecule has 2 aromatic carbocycles. The fraction of sp³-hybridized carbons (Fsp3) is 0.606. The molecule has 222 valence electrons. The van der Waals surface area contributed by atoms with Crippen LogP contribution >= 0.6 is 0 Å². The first-order chi connectivity index (χ1) is 18.4. The van der Waals surface area contributed by atoms with Gasteiger partial charge in [-0.2, -0.15) is 0 Å². The number of carbonyl (C=O) groups excluding carboxylic acids is 1. The van der Waals surface area contributed by atoms with Crippen molar-refractivity contribution >= 4 is 33.0 Å². The lowest BCUT2D eigenvalue weighted by Gasteiger charge is -2.43. The molecule has 1 heterocycles. The molecule has 1 fully saturated rings. The lowest BCUT2D eigenvalue weighted by molar-refractivity contribution is -0.157. The predicted octanol–water partition coefficient (Wildman–Crippen LogP) is 6.84. The predicted molar refractivity (Wildman–Crippen MR) is 169 cm³/mol. The number of epoxide rings is 1. The summed E-state index contributed by atoms with van der Waals surface area (Å²) in [5.41, 5.74) is -0.536. The summed E-state index contributed by atoms with van der Waals surface area (Å²) in [7, 11) is -4.74. The van der Waals surface area contributed by atoms with E-state index in [1.54, 1.807) is 0 Å². The summed E-state index contributed by atoms with van der Waals surface area (Å²) in [6.45, 7) is 24.2. The summed E-state index contributed by atoms with van der Waals surface area (Å²) in [4.78, 5) is 12.9. The van der Waals surface area contributed by atoms with E-state index in [2.05, 4.69) is 115 Å². The third-order valence-corrected chi connectivity index (χ3v) is 17.7. The average Bonchev–Trinajstić information content (AvgIpc) is 3.59. The molecular formula is C33H52O5Si2. The number of carbonyl (C=O) groups is 1. The maximum absolute atomic E-state index is 12.9. The Morgan fingerprint density at radius 2 is 1.32 bits per heavy atom. The summed E-state index contributed by atoms with van der Waals surface area (Å²) < 4.78 is 25.7. The minimum atomic E-state index is -2.61. The van der Waals surface area contributed by atoms with Gasteiger partial charge in [0.25, 0.3) is 8.32 Å². The number of hydrogen-bond acceptors (Lipinski definition) is 5. The van der Waals surface area contributed by atoms with Gasteiger partial charge < -0.3 is 18.3 Å². The molecule has 0 aromatic heterocycles. The largest absolute Gasteiger partial charge is 0.460 e. The monoisotopic (exact) mass is 584 g/mol. The molecule has 1 aliphatic heterocycles. The molecule has 0 bridgehead atoms. The molecule has 40 heavy (non-hydrogen) atoms. The fourth-order valence-electron chi connectivity index (χ4n) is 5.13. The van der Waals surface area contributed by atoms with Gasteiger partial charge in [0.05, 0.1) is 18.6 Å². The molecule has 3 atom stereocenters. The molecule has 7 heteroatoms. The molecule has 3 rings (SSSR count). The van der Waals surface area contributed by atoms with E-state index in [-0.39, 0.29) is 40.8 Å². The first-order valence-corrected chi connectivity index (χ1v) is 19.5. The van der Waals surface area contributed by atoms with Crippen molar-refractivity contribution in [3.63, 3.8) is 0 Å². The van der Waals surface area contributed by atoms with Crippen molar-refractivity contribution in [3.05, 3.63) is 60.7 Å². The minimum absolute atomic E-state index is 0.00424. The van der Waals surface area contributed by atoms with Crippen molar-refractivity contribution in [2.75, 3.05) is 6.61 Å². The number of hydrogen-bond donors (Lipinski definition) is 0. The first kappa shape index (κ1) is 32.7. The standard InChI is InChI=1S/C33H52O5Si2/c1-31(2,3)37-29(34)24-28(38-39(10,11)32(4,5)6)30-27(36-30)22-23-35-40(33(7,8)9,25-18-14-12-15-19-25)26-20-16-13-17-21-26/h12-21,27-28,30H,22-24H2,1-11H3/t27-,28+,30+/m1/s1. The Hall–Kier alpha value is -1.78. The van der Waals surface area contributed by atoms with Crippen molar-refractivity contribution in [2.24, 2.45) is 0 Å². The van der Waals surface area contributed by atoms with Gasteiger partial charge in [-0.15, -0.1) is 0 Å². The molecular weight excluding hydrogens is 533 g/mol. The number of rotatable bonds is 11. The second kappa shape index (κ2) is 12.2. The quantitative estimate of drug-likeness (QED) is 0.164. The van der Waals surface area contributed by atoms with Crippen LogP contribution in [0, 0.1) is 0 Å². The van der Waals surface area contributed by atoms with Crippen LogP contribution in [0.2, 0.25) is 23.2 Å². The van der Waals surface area contributed by atoms with Gasteiger partial charge in [0.1, 0.15) is 11.7 Å². The highest BCUT2D eigenvalue weighted by Gasteiger charge is 2.52. The van der Waals surface area contributed by atoms with Gasteiger partial charge in [-0.05, 0) is 60.7 Å². The minimum Gasteiger partial charge on any atom is -0.460 e. The van der Waals surface area contributed by atoms with E-state index < -0.39 is 22.2 Å². The Balaban J connectivity index is 1.79. The van der Waals surface area contributed by atoms with Crippen molar-refractivity contribution in [3.8, 4) is 0 Å². The van der Waals surface area contributed by atoms with E-state index in [1.807, 2.05) is 20.8 Å². The van der Waals surface area contributed by atoms with Gasteiger partial charge in [-0.3, -0.25) is 4.79 Å². The zero-order valence-electron chi connectivity index (χ0n) is 26.7. The van der Waals surface area contributed by atoms with Crippen LogP contribution in [0.5, 0.6) is 0 Å². The average molecular weight is 585 g/mol. The highest BCUT2D eigenvalue weighted by molar-refractivity contribution is 6.99. The highest BCUT2D eigenvalue weighted by Crippen LogP contribution is 2.42. The van der Waals surface area contributed by atoms with E-state index in [0.29, 0.717) is 6.61 Å². The normalized spacial score (nSPS) is 19.3. The van der Waals surface area contributed by atoms with Crippen molar-refractivity contribution in [1.29, 1.82) is 0 Å². The molecule has 1 aliphatic rings. The molecule has 0 unspecified atom stereocenters. The van der Waals surface area contributed by atoms with Crippen molar-refractivity contribution in [2.45, 2.75) is 122 Å². The van der Waals surface area contributed by atoms with Crippen LogP contribution in [-0.2, 0) is 23.1 Å². The van der Waals surface area contributed by atoms with E-state index in [1.165, 1.54) is 10.4 Å². The third kappa shape index (κ3) is 7.94. The van der Waals surface area contributed by atoms with E-state index in [0.717, 1.165) is 6.42 Å². The Kier molecular flexibility index (Phi) is 10.00. The Labute approximate surface area is 245 Å². The van der Waals surface area contributed by atoms with Gasteiger partial charge in [0.15, 0.2) is 8.32 Å². The van der Waals surface area contributed by atoms with Crippen LogP contribution < -0.4 is 10.4 Å². The first-order valence-electron chi connectivity index (χ1n) is 14.7. The van der Waals surface area contributed by atoms with Crippen molar-refractivity contribution < 1.29 is 23.1 Å². The molecule has 0 amide bonds. The molecule has 0 radical (unpaired) electrons. The van der Waals surface area contributed by atoms with E-state index in [9.17, 15) is 4.79 Å². The number of ether oxygens (including phenoxy) is 2. The summed E-state index contributed by atoms with van der Waals surface area (Å²) in [5.74, 6) is -0.242. The SMILES string of the molecule is CC(C)(C)OC(=O)C[C@H](O[Si](C)(C)C(C)(C)C)[C@H]1O[C@@H]1CCO[Si](c1ccccc1)(c1ccccc1)C(C)(C)C. The second-order valence-corrected chi connectivity index (χ2v) is 23.7. The molecule has 0 aliphatic carbocycles. The highest BCUT2D eigenvalue weighted by atomic mass is 28.4. The summed E-state index contributed by atoms with van der Waals surface area (Å²) in [6, 6.07) is 21.4. The summed E-state index contributed by atoms with van der Waals surface area (Å²) in [5, 5.41) is 2.48. The van der Waals surface area contributed by atoms with Crippen LogP contribution in [0.1, 0.15) is 75.2 Å². The topological polar surface area (TPSA) is 57.3 Å². The Morgan fingerprint density at radius 3 is 1.75 bits per heavy atom. The maximum Gasteiger partial charge on any atom is 0.308 e. The zero-order chi connectivity index (χ0) is 30.0. The molecule has 0 N–H and O–H groups in total. The van der Waals surface area contributed by atoms with Crippen molar-refractivity contribution in [1.82, 2.24) is 0 Å². The van der Waals surface area contributed by atoms with E-state index >= 15 is 0 Å². The smallest absolute Gasteiger partial charge is 0.308 e. The second-order valence-electron chi connectivity index (χ2n) is 14.6. The molecule has 0 saturated carbocycles. The lowest BCUT2D eigenvalue weighted by Crippen LogP contribution is -2.66. The van der Waals surface area contributed by atoms with Gasteiger partial charge in [-0.25, -0.2) is 0 Å². The molecule has 1 saturated heterocycles. The summed E-state index contributed by atoms with van der Waals surface area (Å²) >= 11 is 0. The van der Waals surface area contributed by atoms with Crippen LogP contribution in [0.25, 0.3) is 0 Å². The summed E-state index contributed by atoms with van der Waals surface area (Å²) in [6.07, 6.45) is 0.481. The Morgan fingerprint density at radius 1 is 0.825 bits per heavy atom. The number of benzene rings is 2. The van der Waals surface area contributed by atoms with Gasteiger partial charge >= 0.3 is 5.97 Å². The third-order valence-electron chi connectivity index (χ3n) is 8.17.